The fourth-order valence-electron chi connectivity index (χ4n) is 2.88. The predicted molar refractivity (Wildman–Crippen MR) is 107 cm³/mol. The summed E-state index contributed by atoms with van der Waals surface area (Å²) in [6, 6.07) is 10.1. The lowest BCUT2D eigenvalue weighted by Gasteiger charge is -2.09. The third kappa shape index (κ3) is 4.06. The molecule has 0 bridgehead atoms. The number of hydrogen-bond donors (Lipinski definition) is 0. The molecule has 160 valence electrons. The van der Waals surface area contributed by atoms with Crippen LogP contribution in [0.5, 0.6) is 11.5 Å². The lowest BCUT2D eigenvalue weighted by molar-refractivity contribution is 0.440. The number of benzene rings is 2. The van der Waals surface area contributed by atoms with Crippen molar-refractivity contribution in [1.82, 2.24) is 19.3 Å². The molecule has 0 saturated carbocycles. The van der Waals surface area contributed by atoms with E-state index in [0.717, 1.165) is 33.8 Å². The number of nitriles is 1. The molecule has 0 N–H and O–H groups in total. The van der Waals surface area contributed by atoms with E-state index < -0.39 is 23.1 Å². The van der Waals surface area contributed by atoms with Crippen molar-refractivity contribution in [2.45, 2.75) is 6.54 Å². The lowest BCUT2D eigenvalue weighted by atomic mass is 10.2. The van der Waals surface area contributed by atoms with Gasteiger partial charge in [0.1, 0.15) is 40.5 Å². The zero-order valence-corrected chi connectivity index (χ0v) is 16.7. The summed E-state index contributed by atoms with van der Waals surface area (Å²) in [7, 11) is 0. The third-order valence-corrected chi connectivity index (χ3v) is 4.66. The average molecular weight is 458 g/mol. The fraction of sp³-hybridized carbons (Fsp3) is 0.0476. The van der Waals surface area contributed by atoms with E-state index in [0.29, 0.717) is 0 Å². The largest absolute Gasteiger partial charge is 0.453 e. The van der Waals surface area contributed by atoms with Gasteiger partial charge in [0.25, 0.3) is 0 Å². The second-order valence-electron chi connectivity index (χ2n) is 6.49. The number of pyridine rings is 1. The number of aromatic nitrogens is 4. The highest BCUT2D eigenvalue weighted by molar-refractivity contribution is 6.29. The van der Waals surface area contributed by atoms with Crippen LogP contribution in [0.25, 0.3) is 5.69 Å². The normalized spacial score (nSPS) is 10.7. The van der Waals surface area contributed by atoms with Crippen LogP contribution < -0.4 is 10.4 Å². The van der Waals surface area contributed by atoms with Crippen molar-refractivity contribution in [2.24, 2.45) is 0 Å². The van der Waals surface area contributed by atoms with E-state index in [-0.39, 0.29) is 40.0 Å². The van der Waals surface area contributed by atoms with Gasteiger partial charge in [0.2, 0.25) is 0 Å². The Morgan fingerprint density at radius 1 is 1.06 bits per heavy atom. The first-order chi connectivity index (χ1) is 15.4. The van der Waals surface area contributed by atoms with Crippen LogP contribution in [0.4, 0.5) is 13.2 Å². The molecule has 2 aromatic heterocycles. The van der Waals surface area contributed by atoms with Crippen molar-refractivity contribution >= 4 is 11.6 Å². The molecule has 0 aliphatic heterocycles. The summed E-state index contributed by atoms with van der Waals surface area (Å²) in [6.45, 7) is -0.388. The molecular weight excluding hydrogens is 447 g/mol. The van der Waals surface area contributed by atoms with Gasteiger partial charge in [0.15, 0.2) is 11.6 Å². The molecule has 0 unspecified atom stereocenters. The standard InChI is InChI=1S/C21H11ClF3N5O2/c22-20-7-19(12(8-26)9-27-20)32-18-5-4-13(6-17(18)25)30-21(31)29(11-28-30)10-14-15(23)2-1-3-16(14)24/h1-7,9,11H,10H2. The Kier molecular flexibility index (Phi) is 5.66. The molecule has 4 aromatic rings. The third-order valence-electron chi connectivity index (χ3n) is 4.46. The highest BCUT2D eigenvalue weighted by atomic mass is 35.5. The van der Waals surface area contributed by atoms with Gasteiger partial charge in [0.05, 0.1) is 18.4 Å². The first-order valence-corrected chi connectivity index (χ1v) is 9.36. The summed E-state index contributed by atoms with van der Waals surface area (Å²) < 4.78 is 49.7. The first kappa shape index (κ1) is 21.1. The van der Waals surface area contributed by atoms with Gasteiger partial charge in [-0.2, -0.15) is 15.0 Å². The lowest BCUT2D eigenvalue weighted by Crippen LogP contribution is -2.24. The molecule has 4 rings (SSSR count). The van der Waals surface area contributed by atoms with Gasteiger partial charge < -0.3 is 4.74 Å². The zero-order chi connectivity index (χ0) is 22.8. The van der Waals surface area contributed by atoms with Crippen LogP contribution in [0.15, 0.2) is 59.8 Å². The van der Waals surface area contributed by atoms with Crippen molar-refractivity contribution in [1.29, 1.82) is 5.26 Å². The van der Waals surface area contributed by atoms with Gasteiger partial charge in [-0.3, -0.25) is 4.57 Å². The summed E-state index contributed by atoms with van der Waals surface area (Å²) in [6.07, 6.45) is 2.28. The Morgan fingerprint density at radius 3 is 2.50 bits per heavy atom. The summed E-state index contributed by atoms with van der Waals surface area (Å²) in [5, 5.41) is 13.1. The molecule has 0 amide bonds. The molecule has 0 atom stereocenters. The van der Waals surface area contributed by atoms with E-state index in [1.165, 1.54) is 30.5 Å². The molecule has 0 fully saturated rings. The maximum atomic E-state index is 14.6. The minimum absolute atomic E-state index is 0.00695. The molecule has 7 nitrogen and oxygen atoms in total. The molecule has 2 aromatic carbocycles. The Bertz CT molecular complexity index is 1410. The van der Waals surface area contributed by atoms with Crippen molar-refractivity contribution in [3.8, 4) is 23.3 Å². The molecule has 0 spiro atoms. The predicted octanol–water partition coefficient (Wildman–Crippen LogP) is 4.21. The second kappa shape index (κ2) is 8.56. The molecule has 0 radical (unpaired) electrons. The summed E-state index contributed by atoms with van der Waals surface area (Å²) in [5.41, 5.74) is -0.920. The van der Waals surface area contributed by atoms with Crippen LogP contribution in [0.2, 0.25) is 5.15 Å². The van der Waals surface area contributed by atoms with E-state index >= 15 is 0 Å². The van der Waals surface area contributed by atoms with Crippen molar-refractivity contribution in [2.75, 3.05) is 0 Å². The van der Waals surface area contributed by atoms with Crippen LogP contribution in [0.1, 0.15) is 11.1 Å². The molecule has 2 heterocycles. The molecule has 32 heavy (non-hydrogen) atoms. The maximum absolute atomic E-state index is 14.6. The van der Waals surface area contributed by atoms with Crippen LogP contribution in [-0.2, 0) is 6.54 Å². The molecule has 11 heteroatoms. The number of nitrogens with zero attached hydrogens (tertiary/aromatic N) is 5. The van der Waals surface area contributed by atoms with Gasteiger partial charge in [0, 0.05) is 17.7 Å². The van der Waals surface area contributed by atoms with Gasteiger partial charge in [-0.25, -0.2) is 22.9 Å². The smallest absolute Gasteiger partial charge is 0.350 e. The average Bonchev–Trinajstić information content (AvgIpc) is 3.12. The van der Waals surface area contributed by atoms with Crippen LogP contribution >= 0.6 is 11.6 Å². The maximum Gasteiger partial charge on any atom is 0.350 e. The number of halogens is 4. The number of rotatable bonds is 5. The van der Waals surface area contributed by atoms with Crippen molar-refractivity contribution in [3.05, 3.63) is 99.2 Å². The molecule has 0 saturated heterocycles. The van der Waals surface area contributed by atoms with E-state index in [1.54, 1.807) is 0 Å². The second-order valence-corrected chi connectivity index (χ2v) is 6.87. The van der Waals surface area contributed by atoms with E-state index in [4.69, 9.17) is 21.6 Å². The van der Waals surface area contributed by atoms with E-state index in [2.05, 4.69) is 10.1 Å². The number of ether oxygens (including phenoxy) is 1. The Labute approximate surface area is 183 Å². The van der Waals surface area contributed by atoms with Crippen LogP contribution in [0.3, 0.4) is 0 Å². The van der Waals surface area contributed by atoms with Crippen LogP contribution in [-0.4, -0.2) is 19.3 Å². The molecule has 0 aliphatic carbocycles. The summed E-state index contributed by atoms with van der Waals surface area (Å²) in [5.74, 6) is -2.67. The molecular formula is C21H11ClF3N5O2. The van der Waals surface area contributed by atoms with Gasteiger partial charge >= 0.3 is 5.69 Å². The van der Waals surface area contributed by atoms with Gasteiger partial charge in [-0.15, -0.1) is 0 Å². The highest BCUT2D eigenvalue weighted by Crippen LogP contribution is 2.29. The van der Waals surface area contributed by atoms with E-state index in [1.807, 2.05) is 6.07 Å². The van der Waals surface area contributed by atoms with Gasteiger partial charge in [-0.05, 0) is 24.3 Å². The van der Waals surface area contributed by atoms with E-state index in [9.17, 15) is 18.0 Å². The van der Waals surface area contributed by atoms with Crippen LogP contribution in [0, 0.1) is 28.8 Å². The summed E-state index contributed by atoms with van der Waals surface area (Å²) >= 11 is 5.79. The Balaban J connectivity index is 1.63. The van der Waals surface area contributed by atoms with Gasteiger partial charge in [-0.1, -0.05) is 17.7 Å². The SMILES string of the molecule is N#Cc1cnc(Cl)cc1Oc1ccc(-n2ncn(Cc3c(F)cccc3F)c2=O)cc1F. The van der Waals surface area contributed by atoms with Crippen molar-refractivity contribution in [3.63, 3.8) is 0 Å². The zero-order valence-electron chi connectivity index (χ0n) is 16.0. The highest BCUT2D eigenvalue weighted by Gasteiger charge is 2.16. The quantitative estimate of drug-likeness (QED) is 0.419. The van der Waals surface area contributed by atoms with Crippen molar-refractivity contribution < 1.29 is 17.9 Å². The molecule has 0 aliphatic rings. The minimum atomic E-state index is -0.846. The fourth-order valence-corrected chi connectivity index (χ4v) is 3.03. The minimum Gasteiger partial charge on any atom is -0.453 e. The Hall–Kier alpha value is -4.10. The topological polar surface area (TPSA) is 85.7 Å². The Morgan fingerprint density at radius 2 is 1.81 bits per heavy atom. The monoisotopic (exact) mass is 457 g/mol. The summed E-state index contributed by atoms with van der Waals surface area (Å²) in [4.78, 5) is 16.4. The first-order valence-electron chi connectivity index (χ1n) is 8.98. The number of hydrogen-bond acceptors (Lipinski definition) is 5.